The van der Waals surface area contributed by atoms with Gasteiger partial charge in [-0.1, -0.05) is 30.7 Å². The summed E-state index contributed by atoms with van der Waals surface area (Å²) in [6.07, 6.45) is 0.827. The van der Waals surface area contributed by atoms with Crippen LogP contribution in [0, 0.1) is 0 Å². The molecule has 0 bridgehead atoms. The molecule has 0 aliphatic rings. The molecule has 0 aromatic heterocycles. The van der Waals surface area contributed by atoms with Crippen LogP contribution in [-0.2, 0) is 4.79 Å². The number of rotatable bonds is 5. The highest BCUT2D eigenvalue weighted by molar-refractivity contribution is 6.30. The topological polar surface area (TPSA) is 49.3 Å². The summed E-state index contributed by atoms with van der Waals surface area (Å²) in [5.74, 6) is -0.851. The largest absolute Gasteiger partial charge is 0.480 e. The lowest BCUT2D eigenvalue weighted by molar-refractivity contribution is -0.136. The zero-order valence-electron chi connectivity index (χ0n) is 8.53. The molecule has 0 fully saturated rings. The zero-order chi connectivity index (χ0) is 11.3. The molecular formula is C11H14ClNO2. The van der Waals surface area contributed by atoms with Gasteiger partial charge in [-0.05, 0) is 24.1 Å². The lowest BCUT2D eigenvalue weighted by atomic mass is 10.0. The maximum absolute atomic E-state index is 10.4. The van der Waals surface area contributed by atoms with Crippen LogP contribution in [0.25, 0.3) is 0 Å². The maximum Gasteiger partial charge on any atom is 0.317 e. The third-order valence-electron chi connectivity index (χ3n) is 2.16. The molecule has 0 spiro atoms. The van der Waals surface area contributed by atoms with Crippen LogP contribution in [0.15, 0.2) is 24.3 Å². The molecule has 0 saturated heterocycles. The fourth-order valence-electron chi connectivity index (χ4n) is 1.43. The lowest BCUT2D eigenvalue weighted by Crippen LogP contribution is -2.26. The van der Waals surface area contributed by atoms with Gasteiger partial charge in [0.2, 0.25) is 0 Å². The summed E-state index contributed by atoms with van der Waals surface area (Å²) in [4.78, 5) is 10.4. The number of carboxylic acids is 1. The molecule has 0 heterocycles. The van der Waals surface area contributed by atoms with Gasteiger partial charge >= 0.3 is 5.97 Å². The van der Waals surface area contributed by atoms with Crippen molar-refractivity contribution in [3.05, 3.63) is 34.9 Å². The van der Waals surface area contributed by atoms with E-state index in [-0.39, 0.29) is 12.6 Å². The molecule has 0 aliphatic carbocycles. The molecule has 1 rings (SSSR count). The molecule has 3 nitrogen and oxygen atoms in total. The van der Waals surface area contributed by atoms with Gasteiger partial charge in [-0.2, -0.15) is 0 Å². The van der Waals surface area contributed by atoms with Crippen LogP contribution in [0.4, 0.5) is 0 Å². The summed E-state index contributed by atoms with van der Waals surface area (Å²) in [6.45, 7) is 1.96. The van der Waals surface area contributed by atoms with Crippen molar-refractivity contribution in [3.63, 3.8) is 0 Å². The van der Waals surface area contributed by atoms with Gasteiger partial charge < -0.3 is 10.4 Å². The predicted molar refractivity (Wildman–Crippen MR) is 60.1 cm³/mol. The molecule has 1 unspecified atom stereocenters. The molecular weight excluding hydrogens is 214 g/mol. The van der Waals surface area contributed by atoms with Gasteiger partial charge in [-0.15, -0.1) is 0 Å². The number of aliphatic carboxylic acids is 1. The minimum Gasteiger partial charge on any atom is -0.480 e. The Bertz CT molecular complexity index is 341. The number of benzene rings is 1. The first-order chi connectivity index (χ1) is 7.13. The van der Waals surface area contributed by atoms with E-state index in [1.807, 2.05) is 25.1 Å². The van der Waals surface area contributed by atoms with E-state index in [1.54, 1.807) is 6.07 Å². The Labute approximate surface area is 94.1 Å². The van der Waals surface area contributed by atoms with E-state index in [0.717, 1.165) is 12.0 Å². The average Bonchev–Trinajstić information content (AvgIpc) is 2.18. The van der Waals surface area contributed by atoms with Gasteiger partial charge in [-0.3, -0.25) is 4.79 Å². The van der Waals surface area contributed by atoms with Crippen molar-refractivity contribution in [2.75, 3.05) is 6.54 Å². The Balaban J connectivity index is 2.69. The van der Waals surface area contributed by atoms with E-state index >= 15 is 0 Å². The van der Waals surface area contributed by atoms with Crippen molar-refractivity contribution in [3.8, 4) is 0 Å². The van der Waals surface area contributed by atoms with Gasteiger partial charge in [-0.25, -0.2) is 0 Å². The number of nitrogens with one attached hydrogen (secondary N) is 1. The Morgan fingerprint density at radius 2 is 2.33 bits per heavy atom. The highest BCUT2D eigenvalue weighted by atomic mass is 35.5. The maximum atomic E-state index is 10.4. The van der Waals surface area contributed by atoms with Crippen LogP contribution in [0.3, 0.4) is 0 Å². The van der Waals surface area contributed by atoms with Crippen LogP contribution in [-0.4, -0.2) is 17.6 Å². The quantitative estimate of drug-likeness (QED) is 0.813. The summed E-state index contributed by atoms with van der Waals surface area (Å²) in [7, 11) is 0. The molecule has 0 aliphatic heterocycles. The number of hydrogen-bond donors (Lipinski definition) is 2. The van der Waals surface area contributed by atoms with Crippen LogP contribution in [0.2, 0.25) is 5.02 Å². The van der Waals surface area contributed by atoms with E-state index in [1.165, 1.54) is 0 Å². The first kappa shape index (κ1) is 12.0. The molecule has 82 valence electrons. The van der Waals surface area contributed by atoms with Crippen LogP contribution in [0.1, 0.15) is 24.9 Å². The first-order valence-corrected chi connectivity index (χ1v) is 5.22. The molecule has 4 heteroatoms. The summed E-state index contributed by atoms with van der Waals surface area (Å²) in [5.41, 5.74) is 1.02. The molecule has 0 radical (unpaired) electrons. The molecule has 1 aromatic carbocycles. The smallest absolute Gasteiger partial charge is 0.317 e. The summed E-state index contributed by atoms with van der Waals surface area (Å²) >= 11 is 5.86. The second-order valence-electron chi connectivity index (χ2n) is 3.29. The van der Waals surface area contributed by atoms with E-state index in [2.05, 4.69) is 5.32 Å². The van der Waals surface area contributed by atoms with Gasteiger partial charge in [0, 0.05) is 11.1 Å². The number of carbonyl (C=O) groups is 1. The highest BCUT2D eigenvalue weighted by Crippen LogP contribution is 2.19. The molecule has 0 saturated carbocycles. The summed E-state index contributed by atoms with van der Waals surface area (Å²) < 4.78 is 0. The molecule has 1 aromatic rings. The Hall–Kier alpha value is -1.06. The summed E-state index contributed by atoms with van der Waals surface area (Å²) in [5, 5.41) is 12.2. The fourth-order valence-corrected chi connectivity index (χ4v) is 1.63. The minimum absolute atomic E-state index is 0.0367. The van der Waals surface area contributed by atoms with E-state index in [4.69, 9.17) is 16.7 Å². The molecule has 0 amide bonds. The number of hydrogen-bond acceptors (Lipinski definition) is 2. The van der Waals surface area contributed by atoms with Crippen molar-refractivity contribution in [1.82, 2.24) is 5.32 Å². The van der Waals surface area contributed by atoms with Crippen molar-refractivity contribution in [2.45, 2.75) is 19.4 Å². The van der Waals surface area contributed by atoms with Gasteiger partial charge in [0.1, 0.15) is 0 Å². The van der Waals surface area contributed by atoms with Gasteiger partial charge in [0.25, 0.3) is 0 Å². The minimum atomic E-state index is -0.851. The van der Waals surface area contributed by atoms with Crippen molar-refractivity contribution >= 4 is 17.6 Å². The third-order valence-corrected chi connectivity index (χ3v) is 2.39. The summed E-state index contributed by atoms with van der Waals surface area (Å²) in [6, 6.07) is 7.50. The first-order valence-electron chi connectivity index (χ1n) is 4.84. The van der Waals surface area contributed by atoms with E-state index < -0.39 is 5.97 Å². The Kier molecular flexibility index (Phi) is 4.59. The van der Waals surface area contributed by atoms with Gasteiger partial charge in [0.15, 0.2) is 0 Å². The molecule has 15 heavy (non-hydrogen) atoms. The SMILES string of the molecule is CCC(NCC(=O)O)c1cccc(Cl)c1. The van der Waals surface area contributed by atoms with Gasteiger partial charge in [0.05, 0.1) is 6.54 Å². The average molecular weight is 228 g/mol. The lowest BCUT2D eigenvalue weighted by Gasteiger charge is -2.16. The normalized spacial score (nSPS) is 12.4. The van der Waals surface area contributed by atoms with E-state index in [9.17, 15) is 4.79 Å². The van der Waals surface area contributed by atoms with Crippen molar-refractivity contribution < 1.29 is 9.90 Å². The van der Waals surface area contributed by atoms with Crippen LogP contribution in [0.5, 0.6) is 0 Å². The number of carboxylic acid groups (broad SMARTS) is 1. The third kappa shape index (κ3) is 3.90. The second kappa shape index (κ2) is 5.73. The molecule has 2 N–H and O–H groups in total. The fraction of sp³-hybridized carbons (Fsp3) is 0.364. The van der Waals surface area contributed by atoms with Crippen LogP contribution >= 0.6 is 11.6 Å². The van der Waals surface area contributed by atoms with E-state index in [0.29, 0.717) is 5.02 Å². The highest BCUT2D eigenvalue weighted by Gasteiger charge is 2.10. The van der Waals surface area contributed by atoms with Crippen molar-refractivity contribution in [2.24, 2.45) is 0 Å². The van der Waals surface area contributed by atoms with Crippen molar-refractivity contribution in [1.29, 1.82) is 0 Å². The predicted octanol–water partition coefficient (Wildman–Crippen LogP) is 2.47. The molecule has 1 atom stereocenters. The number of halogens is 1. The standard InChI is InChI=1S/C11H14ClNO2/c1-2-10(13-7-11(14)15)8-4-3-5-9(12)6-8/h3-6,10,13H,2,7H2,1H3,(H,14,15). The van der Waals surface area contributed by atoms with Crippen LogP contribution < -0.4 is 5.32 Å². The Morgan fingerprint density at radius 1 is 1.60 bits per heavy atom. The monoisotopic (exact) mass is 227 g/mol. The zero-order valence-corrected chi connectivity index (χ0v) is 9.29. The Morgan fingerprint density at radius 3 is 2.87 bits per heavy atom. The second-order valence-corrected chi connectivity index (χ2v) is 3.73.